The number of aryl methyl sites for hydroxylation is 3. The van der Waals surface area contributed by atoms with Crippen LogP contribution in [0.15, 0.2) is 41.4 Å². The summed E-state index contributed by atoms with van der Waals surface area (Å²) in [6.07, 6.45) is 0. The van der Waals surface area contributed by atoms with E-state index in [1.165, 1.54) is 40.7 Å². The minimum atomic E-state index is -0.437. The van der Waals surface area contributed by atoms with Crippen LogP contribution in [0.3, 0.4) is 0 Å². The minimum Gasteiger partial charge on any atom is -0.319 e. The fourth-order valence-corrected chi connectivity index (χ4v) is 3.48. The molecule has 0 N–H and O–H groups in total. The second-order valence-corrected chi connectivity index (χ2v) is 6.23. The lowest BCUT2D eigenvalue weighted by Crippen LogP contribution is -2.13. The normalized spacial score (nSPS) is 12.1. The van der Waals surface area contributed by atoms with Crippen LogP contribution in [0.25, 0.3) is 10.2 Å². The molecule has 3 rings (SSSR count). The highest BCUT2D eigenvalue weighted by Gasteiger charge is 2.10. The van der Waals surface area contributed by atoms with E-state index in [0.29, 0.717) is 4.80 Å². The second-order valence-electron chi connectivity index (χ2n) is 5.23. The maximum atomic E-state index is 13.2. The van der Waals surface area contributed by atoms with Crippen molar-refractivity contribution >= 4 is 27.5 Å². The summed E-state index contributed by atoms with van der Waals surface area (Å²) in [5.41, 5.74) is 3.71. The molecule has 0 aliphatic heterocycles. The van der Waals surface area contributed by atoms with Gasteiger partial charge in [-0.2, -0.15) is 4.99 Å². The van der Waals surface area contributed by atoms with E-state index in [9.17, 15) is 9.18 Å². The van der Waals surface area contributed by atoms with Crippen LogP contribution in [-0.4, -0.2) is 10.5 Å². The number of hydrogen-bond donors (Lipinski definition) is 0. The number of aromatic nitrogens is 1. The van der Waals surface area contributed by atoms with E-state index in [4.69, 9.17) is 0 Å². The summed E-state index contributed by atoms with van der Waals surface area (Å²) in [5, 5.41) is 0. The number of hydrogen-bond acceptors (Lipinski definition) is 2. The topological polar surface area (TPSA) is 34.4 Å². The van der Waals surface area contributed by atoms with Crippen LogP contribution >= 0.6 is 11.3 Å². The van der Waals surface area contributed by atoms with E-state index in [2.05, 4.69) is 24.9 Å². The first-order valence-electron chi connectivity index (χ1n) is 6.88. The molecule has 0 aliphatic carbocycles. The van der Waals surface area contributed by atoms with Gasteiger partial charge in [0.15, 0.2) is 4.80 Å². The summed E-state index contributed by atoms with van der Waals surface area (Å²) in [5.74, 6) is -0.871. The van der Waals surface area contributed by atoms with Crippen LogP contribution < -0.4 is 4.80 Å². The lowest BCUT2D eigenvalue weighted by Gasteiger charge is -2.03. The molecular formula is C17H15FN2OS. The van der Waals surface area contributed by atoms with Crippen molar-refractivity contribution in [2.75, 3.05) is 0 Å². The van der Waals surface area contributed by atoms with Crippen LogP contribution in [0.2, 0.25) is 0 Å². The number of fused-ring (bicyclic) bond motifs is 1. The number of halogens is 1. The molecule has 112 valence electrons. The fourth-order valence-electron chi connectivity index (χ4n) is 2.41. The smallest absolute Gasteiger partial charge is 0.279 e. The van der Waals surface area contributed by atoms with Crippen LogP contribution in [0.4, 0.5) is 4.39 Å². The van der Waals surface area contributed by atoms with E-state index in [1.807, 2.05) is 17.7 Å². The van der Waals surface area contributed by atoms with Gasteiger partial charge in [-0.15, -0.1) is 0 Å². The van der Waals surface area contributed by atoms with E-state index in [1.54, 1.807) is 6.07 Å². The van der Waals surface area contributed by atoms with E-state index >= 15 is 0 Å². The predicted molar refractivity (Wildman–Crippen MR) is 86.6 cm³/mol. The lowest BCUT2D eigenvalue weighted by atomic mass is 10.1. The number of benzene rings is 2. The number of thiazole rings is 1. The Labute approximate surface area is 131 Å². The molecule has 3 aromatic rings. The standard InChI is InChI=1S/C17H15FN2OS/c1-10-7-8-14-15(11(10)2)20(3)17(22-14)19-16(21)12-5-4-6-13(18)9-12/h4-9H,1-3H3. The molecule has 22 heavy (non-hydrogen) atoms. The SMILES string of the molecule is Cc1ccc2sc(=NC(=O)c3cccc(F)c3)n(C)c2c1C. The van der Waals surface area contributed by atoms with Gasteiger partial charge < -0.3 is 4.57 Å². The molecule has 0 fully saturated rings. The molecular weight excluding hydrogens is 299 g/mol. The van der Waals surface area contributed by atoms with Crippen LogP contribution in [0.1, 0.15) is 21.5 Å². The van der Waals surface area contributed by atoms with Crippen molar-refractivity contribution in [3.05, 3.63) is 63.7 Å². The van der Waals surface area contributed by atoms with Crippen molar-refractivity contribution in [2.45, 2.75) is 13.8 Å². The number of carbonyl (C=O) groups is 1. The van der Waals surface area contributed by atoms with Gasteiger partial charge in [-0.25, -0.2) is 4.39 Å². The van der Waals surface area contributed by atoms with E-state index < -0.39 is 11.7 Å². The predicted octanol–water partition coefficient (Wildman–Crippen LogP) is 3.74. The van der Waals surface area contributed by atoms with Crippen LogP contribution in [-0.2, 0) is 7.05 Å². The summed E-state index contributed by atoms with van der Waals surface area (Å²) in [6.45, 7) is 4.11. The third-order valence-corrected chi connectivity index (χ3v) is 4.85. The average molecular weight is 314 g/mol. The number of amides is 1. The third-order valence-electron chi connectivity index (χ3n) is 3.76. The van der Waals surface area contributed by atoms with Gasteiger partial charge in [-0.3, -0.25) is 4.79 Å². The maximum absolute atomic E-state index is 13.2. The molecule has 2 aromatic carbocycles. The molecule has 0 aliphatic rings. The molecule has 1 heterocycles. The Morgan fingerprint density at radius 2 is 2.00 bits per heavy atom. The highest BCUT2D eigenvalue weighted by Crippen LogP contribution is 2.23. The molecule has 1 amide bonds. The summed E-state index contributed by atoms with van der Waals surface area (Å²) in [4.78, 5) is 17.0. The van der Waals surface area contributed by atoms with Gasteiger partial charge in [0.2, 0.25) is 0 Å². The lowest BCUT2D eigenvalue weighted by molar-refractivity contribution is 0.0997. The Hall–Kier alpha value is -2.27. The molecule has 5 heteroatoms. The van der Waals surface area contributed by atoms with Crippen molar-refractivity contribution in [1.82, 2.24) is 4.57 Å². The Bertz CT molecular complexity index is 953. The first-order chi connectivity index (χ1) is 10.5. The van der Waals surface area contributed by atoms with Crippen molar-refractivity contribution in [3.8, 4) is 0 Å². The Balaban J connectivity index is 2.16. The minimum absolute atomic E-state index is 0.255. The first-order valence-corrected chi connectivity index (χ1v) is 7.69. The average Bonchev–Trinajstić information content (AvgIpc) is 2.80. The van der Waals surface area contributed by atoms with Crippen molar-refractivity contribution in [1.29, 1.82) is 0 Å². The highest BCUT2D eigenvalue weighted by molar-refractivity contribution is 7.16. The quantitative estimate of drug-likeness (QED) is 0.674. The molecule has 0 unspecified atom stereocenters. The first kappa shape index (κ1) is 14.7. The van der Waals surface area contributed by atoms with Gasteiger partial charge in [0, 0.05) is 12.6 Å². The fraction of sp³-hybridized carbons (Fsp3) is 0.176. The highest BCUT2D eigenvalue weighted by atomic mass is 32.1. The Morgan fingerprint density at radius 3 is 2.73 bits per heavy atom. The van der Waals surface area contributed by atoms with Gasteiger partial charge in [-0.05, 0) is 49.2 Å². The summed E-state index contributed by atoms with van der Waals surface area (Å²) in [6, 6.07) is 9.69. The molecule has 1 aromatic heterocycles. The number of rotatable bonds is 1. The maximum Gasteiger partial charge on any atom is 0.279 e. The van der Waals surface area contributed by atoms with Gasteiger partial charge in [0.1, 0.15) is 5.82 Å². The Kier molecular flexibility index (Phi) is 3.66. The monoisotopic (exact) mass is 314 g/mol. The molecule has 0 spiro atoms. The van der Waals surface area contributed by atoms with E-state index in [0.717, 1.165) is 10.2 Å². The molecule has 0 saturated carbocycles. The Morgan fingerprint density at radius 1 is 1.23 bits per heavy atom. The van der Waals surface area contributed by atoms with Gasteiger partial charge in [-0.1, -0.05) is 23.5 Å². The van der Waals surface area contributed by atoms with Crippen LogP contribution in [0, 0.1) is 19.7 Å². The molecule has 0 radical (unpaired) electrons. The zero-order chi connectivity index (χ0) is 15.9. The largest absolute Gasteiger partial charge is 0.319 e. The zero-order valence-electron chi connectivity index (χ0n) is 12.6. The summed E-state index contributed by atoms with van der Waals surface area (Å²) >= 11 is 1.46. The second kappa shape index (κ2) is 5.50. The summed E-state index contributed by atoms with van der Waals surface area (Å²) in [7, 11) is 1.89. The van der Waals surface area contributed by atoms with Crippen molar-refractivity contribution < 1.29 is 9.18 Å². The van der Waals surface area contributed by atoms with Gasteiger partial charge in [0.25, 0.3) is 5.91 Å². The van der Waals surface area contributed by atoms with E-state index in [-0.39, 0.29) is 5.56 Å². The van der Waals surface area contributed by atoms with Crippen LogP contribution in [0.5, 0.6) is 0 Å². The number of carbonyl (C=O) groups excluding carboxylic acids is 1. The molecule has 0 saturated heterocycles. The zero-order valence-corrected chi connectivity index (χ0v) is 13.4. The molecule has 0 atom stereocenters. The third kappa shape index (κ3) is 2.48. The molecule has 3 nitrogen and oxygen atoms in total. The summed E-state index contributed by atoms with van der Waals surface area (Å²) < 4.78 is 16.2. The van der Waals surface area contributed by atoms with Gasteiger partial charge in [0.05, 0.1) is 10.2 Å². The number of nitrogens with zero attached hydrogens (tertiary/aromatic N) is 2. The van der Waals surface area contributed by atoms with Crippen molar-refractivity contribution in [2.24, 2.45) is 12.0 Å². The van der Waals surface area contributed by atoms with Crippen molar-refractivity contribution in [3.63, 3.8) is 0 Å². The molecule has 0 bridgehead atoms. The van der Waals surface area contributed by atoms with Gasteiger partial charge >= 0.3 is 0 Å².